The minimum atomic E-state index is -0.497. The van der Waals surface area contributed by atoms with Crippen LogP contribution >= 0.6 is 15.9 Å². The Morgan fingerprint density at radius 3 is 2.94 bits per heavy atom. The maximum Gasteiger partial charge on any atom is 0.193 e. The van der Waals surface area contributed by atoms with E-state index in [4.69, 9.17) is 14.2 Å². The molecule has 0 aromatic heterocycles. The summed E-state index contributed by atoms with van der Waals surface area (Å²) >= 11 is 3.39. The van der Waals surface area contributed by atoms with Gasteiger partial charge in [0.1, 0.15) is 11.9 Å². The number of carbonyl (C=O) groups is 1. The van der Waals surface area contributed by atoms with E-state index in [0.29, 0.717) is 32.0 Å². The molecule has 1 fully saturated rings. The molecule has 5 heteroatoms. The fourth-order valence-electron chi connectivity index (χ4n) is 1.75. The van der Waals surface area contributed by atoms with E-state index in [0.717, 1.165) is 10.2 Å². The van der Waals surface area contributed by atoms with E-state index >= 15 is 0 Å². The van der Waals surface area contributed by atoms with E-state index in [2.05, 4.69) is 15.9 Å². The molecular formula is C13H15BrO4. The molecule has 0 saturated carbocycles. The molecule has 98 valence electrons. The highest BCUT2D eigenvalue weighted by Crippen LogP contribution is 2.26. The Morgan fingerprint density at radius 1 is 1.50 bits per heavy atom. The lowest BCUT2D eigenvalue weighted by atomic mass is 10.1. The van der Waals surface area contributed by atoms with Crippen molar-refractivity contribution in [3.63, 3.8) is 0 Å². The molecule has 0 bridgehead atoms. The molecule has 4 nitrogen and oxygen atoms in total. The predicted octanol–water partition coefficient (Wildman–Crippen LogP) is 2.45. The van der Waals surface area contributed by atoms with Gasteiger partial charge < -0.3 is 14.2 Å². The summed E-state index contributed by atoms with van der Waals surface area (Å²) in [5, 5.41) is 0. The topological polar surface area (TPSA) is 44.8 Å². The highest BCUT2D eigenvalue weighted by atomic mass is 79.9. The first-order valence-corrected chi connectivity index (χ1v) is 6.67. The number of carbonyl (C=O) groups excluding carboxylic acids is 1. The highest BCUT2D eigenvalue weighted by molar-refractivity contribution is 9.10. The third-order valence-corrected chi connectivity index (χ3v) is 3.24. The van der Waals surface area contributed by atoms with Crippen molar-refractivity contribution in [1.29, 1.82) is 0 Å². The first-order valence-electron chi connectivity index (χ1n) is 5.88. The number of hydrogen-bond donors (Lipinski definition) is 0. The molecule has 2 rings (SSSR count). The van der Waals surface area contributed by atoms with Gasteiger partial charge in [-0.25, -0.2) is 0 Å². The molecule has 0 aliphatic carbocycles. The van der Waals surface area contributed by atoms with Gasteiger partial charge in [0.15, 0.2) is 5.78 Å². The van der Waals surface area contributed by atoms with Gasteiger partial charge in [-0.3, -0.25) is 4.79 Å². The van der Waals surface area contributed by atoms with Crippen LogP contribution in [0.4, 0.5) is 0 Å². The second-order valence-corrected chi connectivity index (χ2v) is 4.73. The molecule has 0 N–H and O–H groups in total. The minimum Gasteiger partial charge on any atom is -0.493 e. The fraction of sp³-hybridized carbons (Fsp3) is 0.462. The summed E-state index contributed by atoms with van der Waals surface area (Å²) in [4.78, 5) is 12.2. The largest absolute Gasteiger partial charge is 0.493 e. The van der Waals surface area contributed by atoms with Crippen molar-refractivity contribution in [2.75, 3.05) is 26.4 Å². The molecule has 0 amide bonds. The van der Waals surface area contributed by atoms with Gasteiger partial charge in [0, 0.05) is 5.56 Å². The van der Waals surface area contributed by atoms with Crippen molar-refractivity contribution in [2.24, 2.45) is 0 Å². The van der Waals surface area contributed by atoms with Crippen LogP contribution < -0.4 is 4.74 Å². The zero-order chi connectivity index (χ0) is 13.0. The van der Waals surface area contributed by atoms with Gasteiger partial charge in [-0.05, 0) is 41.1 Å². The Balaban J connectivity index is 2.12. The van der Waals surface area contributed by atoms with Crippen LogP contribution in [-0.2, 0) is 9.47 Å². The van der Waals surface area contributed by atoms with E-state index < -0.39 is 6.10 Å². The van der Waals surface area contributed by atoms with Crippen molar-refractivity contribution < 1.29 is 19.0 Å². The highest BCUT2D eigenvalue weighted by Gasteiger charge is 2.24. The lowest BCUT2D eigenvalue weighted by Gasteiger charge is -2.21. The summed E-state index contributed by atoms with van der Waals surface area (Å²) in [6, 6.07) is 5.28. The van der Waals surface area contributed by atoms with Gasteiger partial charge in [-0.1, -0.05) is 0 Å². The van der Waals surface area contributed by atoms with E-state index in [1.807, 2.05) is 6.92 Å². The van der Waals surface area contributed by atoms with E-state index in [9.17, 15) is 4.79 Å². The average Bonchev–Trinajstić information content (AvgIpc) is 2.41. The van der Waals surface area contributed by atoms with Gasteiger partial charge in [0.25, 0.3) is 0 Å². The van der Waals surface area contributed by atoms with Crippen LogP contribution in [0.15, 0.2) is 22.7 Å². The van der Waals surface area contributed by atoms with Crippen LogP contribution in [0.2, 0.25) is 0 Å². The summed E-state index contributed by atoms with van der Waals surface area (Å²) < 4.78 is 16.8. The van der Waals surface area contributed by atoms with Crippen molar-refractivity contribution in [1.82, 2.24) is 0 Å². The summed E-state index contributed by atoms with van der Waals surface area (Å²) in [5.74, 6) is 0.674. The molecule has 18 heavy (non-hydrogen) atoms. The number of ether oxygens (including phenoxy) is 3. The lowest BCUT2D eigenvalue weighted by molar-refractivity contribution is -0.0719. The third-order valence-electron chi connectivity index (χ3n) is 2.62. The number of halogens is 1. The molecule has 0 radical (unpaired) electrons. The first kappa shape index (κ1) is 13.5. The molecule has 1 aliphatic heterocycles. The van der Waals surface area contributed by atoms with Crippen molar-refractivity contribution in [2.45, 2.75) is 13.0 Å². The number of rotatable bonds is 4. The summed E-state index contributed by atoms with van der Waals surface area (Å²) in [6.07, 6.45) is -0.497. The number of hydrogen-bond acceptors (Lipinski definition) is 4. The number of benzene rings is 1. The number of ketones is 1. The smallest absolute Gasteiger partial charge is 0.193 e. The Labute approximate surface area is 114 Å². The normalized spacial score (nSPS) is 19.6. The zero-order valence-corrected chi connectivity index (χ0v) is 11.7. The molecule has 1 unspecified atom stereocenters. The SMILES string of the molecule is CCOc1ccc(C(=O)C2COCCO2)cc1Br. The van der Waals surface area contributed by atoms with Crippen molar-refractivity contribution in [3.8, 4) is 5.75 Å². The summed E-state index contributed by atoms with van der Waals surface area (Å²) in [7, 11) is 0. The minimum absolute atomic E-state index is 0.0570. The Bertz CT molecular complexity index is 427. The van der Waals surface area contributed by atoms with Gasteiger partial charge in [0.2, 0.25) is 0 Å². The predicted molar refractivity (Wildman–Crippen MR) is 70.2 cm³/mol. The van der Waals surface area contributed by atoms with E-state index in [1.165, 1.54) is 0 Å². The lowest BCUT2D eigenvalue weighted by Crippen LogP contribution is -2.35. The maximum absolute atomic E-state index is 12.2. The Morgan fingerprint density at radius 2 is 2.33 bits per heavy atom. The second-order valence-electron chi connectivity index (χ2n) is 3.88. The fourth-order valence-corrected chi connectivity index (χ4v) is 2.24. The molecule has 1 heterocycles. The summed E-state index contributed by atoms with van der Waals surface area (Å²) in [5.41, 5.74) is 0.598. The molecule has 1 aromatic rings. The van der Waals surface area contributed by atoms with Crippen LogP contribution in [0.25, 0.3) is 0 Å². The monoisotopic (exact) mass is 314 g/mol. The van der Waals surface area contributed by atoms with Crippen LogP contribution in [0.5, 0.6) is 5.75 Å². The van der Waals surface area contributed by atoms with E-state index in [-0.39, 0.29) is 5.78 Å². The first-order chi connectivity index (χ1) is 8.72. The van der Waals surface area contributed by atoms with Crippen LogP contribution in [0.1, 0.15) is 17.3 Å². The quantitative estimate of drug-likeness (QED) is 0.801. The summed E-state index contributed by atoms with van der Waals surface area (Å²) in [6.45, 7) is 3.85. The van der Waals surface area contributed by atoms with Crippen LogP contribution in [-0.4, -0.2) is 38.3 Å². The molecule has 1 aromatic carbocycles. The zero-order valence-electron chi connectivity index (χ0n) is 10.1. The molecule has 1 aliphatic rings. The maximum atomic E-state index is 12.2. The van der Waals surface area contributed by atoms with Gasteiger partial charge in [-0.2, -0.15) is 0 Å². The van der Waals surface area contributed by atoms with Gasteiger partial charge >= 0.3 is 0 Å². The van der Waals surface area contributed by atoms with Crippen LogP contribution in [0.3, 0.4) is 0 Å². The second kappa shape index (κ2) is 6.31. The van der Waals surface area contributed by atoms with Gasteiger partial charge in [0.05, 0.1) is 30.9 Å². The molecule has 1 atom stereocenters. The molecule has 1 saturated heterocycles. The third kappa shape index (κ3) is 3.10. The van der Waals surface area contributed by atoms with Crippen molar-refractivity contribution in [3.05, 3.63) is 28.2 Å². The van der Waals surface area contributed by atoms with Crippen molar-refractivity contribution >= 4 is 21.7 Å². The van der Waals surface area contributed by atoms with E-state index in [1.54, 1.807) is 18.2 Å². The molecular weight excluding hydrogens is 300 g/mol. The molecule has 0 spiro atoms. The van der Waals surface area contributed by atoms with Gasteiger partial charge in [-0.15, -0.1) is 0 Å². The standard InChI is InChI=1S/C13H15BrO4/c1-2-17-11-4-3-9(7-10(11)14)13(15)12-8-16-5-6-18-12/h3-4,7,12H,2,5-6,8H2,1H3. The average molecular weight is 315 g/mol. The number of Topliss-reactive ketones (excluding diaryl/α,β-unsaturated/α-hetero) is 1. The van der Waals surface area contributed by atoms with Crippen LogP contribution in [0, 0.1) is 0 Å². The Kier molecular flexibility index (Phi) is 4.74. The Hall–Kier alpha value is -0.910.